The Kier molecular flexibility index (Phi) is 6.45. The average Bonchev–Trinajstić information content (AvgIpc) is 2.61. The van der Waals surface area contributed by atoms with Gasteiger partial charge in [-0.1, -0.05) is 18.2 Å². The fraction of sp³-hybridized carbons (Fsp3) is 0.500. The lowest BCUT2D eigenvalue weighted by Crippen LogP contribution is -2.45. The Bertz CT molecular complexity index is 713. The first-order chi connectivity index (χ1) is 12.6. The van der Waals surface area contributed by atoms with Gasteiger partial charge in [-0.3, -0.25) is 14.4 Å². The third-order valence-corrected chi connectivity index (χ3v) is 4.66. The van der Waals surface area contributed by atoms with Crippen LogP contribution < -0.4 is 0 Å². The number of hydrogen-bond donors (Lipinski definition) is 1. The molecule has 1 aliphatic rings. The molecule has 1 N–H and O–H groups in total. The molecule has 0 atom stereocenters. The van der Waals surface area contributed by atoms with Crippen LogP contribution in [0.5, 0.6) is 0 Å². The number of aliphatic carboxylic acids is 1. The van der Waals surface area contributed by atoms with Crippen molar-refractivity contribution in [2.45, 2.75) is 25.4 Å². The maximum atomic E-state index is 13.0. The molecule has 0 unspecified atom stereocenters. The smallest absolute Gasteiger partial charge is 0.416 e. The van der Waals surface area contributed by atoms with Crippen LogP contribution in [0.2, 0.25) is 0 Å². The standard InChI is InChI=1S/C18H21F3N2O4/c1-22(11-16(25)23-8-6-12(7-9-23)17(26)27)15(24)10-13-4-2-3-5-14(13)18(19,20)21/h2-5,12H,6-11H2,1H3,(H,26,27). The number of rotatable bonds is 5. The highest BCUT2D eigenvalue weighted by Gasteiger charge is 2.34. The number of carbonyl (C=O) groups is 3. The molecule has 1 fully saturated rings. The zero-order valence-corrected chi connectivity index (χ0v) is 14.8. The molecular weight excluding hydrogens is 365 g/mol. The first-order valence-electron chi connectivity index (χ1n) is 8.49. The highest BCUT2D eigenvalue weighted by molar-refractivity contribution is 5.86. The van der Waals surface area contributed by atoms with E-state index in [2.05, 4.69) is 0 Å². The van der Waals surface area contributed by atoms with E-state index < -0.39 is 36.0 Å². The molecule has 9 heteroatoms. The Morgan fingerprint density at radius 1 is 1.19 bits per heavy atom. The van der Waals surface area contributed by atoms with Crippen LogP contribution >= 0.6 is 0 Å². The lowest BCUT2D eigenvalue weighted by Gasteiger charge is -2.31. The van der Waals surface area contributed by atoms with Crippen LogP contribution in [0.3, 0.4) is 0 Å². The molecule has 6 nitrogen and oxygen atoms in total. The van der Waals surface area contributed by atoms with Crippen LogP contribution in [0, 0.1) is 5.92 Å². The fourth-order valence-electron chi connectivity index (χ4n) is 3.02. The van der Waals surface area contributed by atoms with Crippen LogP contribution in [0.4, 0.5) is 13.2 Å². The number of likely N-dealkylation sites (tertiary alicyclic amines) is 1. The minimum absolute atomic E-state index is 0.142. The molecule has 0 aliphatic carbocycles. The van der Waals surface area contributed by atoms with E-state index in [-0.39, 0.29) is 31.1 Å². The summed E-state index contributed by atoms with van der Waals surface area (Å²) < 4.78 is 39.0. The van der Waals surface area contributed by atoms with Gasteiger partial charge in [0.05, 0.1) is 24.4 Å². The molecule has 0 bridgehead atoms. The Labute approximate surface area is 154 Å². The van der Waals surface area contributed by atoms with Gasteiger partial charge in [0, 0.05) is 20.1 Å². The number of likely N-dealkylation sites (N-methyl/N-ethyl adjacent to an activating group) is 1. The SMILES string of the molecule is CN(CC(=O)N1CCC(C(=O)O)CC1)C(=O)Cc1ccccc1C(F)(F)F. The van der Waals surface area contributed by atoms with Crippen LogP contribution in [0.1, 0.15) is 24.0 Å². The second-order valence-electron chi connectivity index (χ2n) is 6.57. The number of alkyl halides is 3. The summed E-state index contributed by atoms with van der Waals surface area (Å²) in [6.45, 7) is 0.314. The summed E-state index contributed by atoms with van der Waals surface area (Å²) in [4.78, 5) is 38.0. The number of nitrogens with zero attached hydrogens (tertiary/aromatic N) is 2. The molecule has 1 saturated heterocycles. The summed E-state index contributed by atoms with van der Waals surface area (Å²) in [6.07, 6.45) is -4.32. The average molecular weight is 386 g/mol. The molecule has 0 spiro atoms. The van der Waals surface area contributed by atoms with Crippen molar-refractivity contribution in [3.05, 3.63) is 35.4 Å². The van der Waals surface area contributed by atoms with Crippen molar-refractivity contribution in [1.82, 2.24) is 9.80 Å². The molecule has 148 valence electrons. The van der Waals surface area contributed by atoms with Gasteiger partial charge < -0.3 is 14.9 Å². The van der Waals surface area contributed by atoms with Crippen LogP contribution in [-0.2, 0) is 27.0 Å². The molecule has 0 aromatic heterocycles. The van der Waals surface area contributed by atoms with Crippen molar-refractivity contribution >= 4 is 17.8 Å². The van der Waals surface area contributed by atoms with Gasteiger partial charge in [0.1, 0.15) is 0 Å². The molecule has 2 rings (SSSR count). The number of carbonyl (C=O) groups excluding carboxylic acids is 2. The van der Waals surface area contributed by atoms with E-state index in [0.29, 0.717) is 12.8 Å². The summed E-state index contributed by atoms with van der Waals surface area (Å²) in [6, 6.07) is 4.84. The Balaban J connectivity index is 1.93. The van der Waals surface area contributed by atoms with Crippen LogP contribution in [0.15, 0.2) is 24.3 Å². The monoisotopic (exact) mass is 386 g/mol. The van der Waals surface area contributed by atoms with E-state index in [1.54, 1.807) is 0 Å². The van der Waals surface area contributed by atoms with Crippen molar-refractivity contribution in [3.63, 3.8) is 0 Å². The highest BCUT2D eigenvalue weighted by atomic mass is 19.4. The van der Waals surface area contributed by atoms with Crippen LogP contribution in [-0.4, -0.2) is 59.4 Å². The van der Waals surface area contributed by atoms with Crippen molar-refractivity contribution in [1.29, 1.82) is 0 Å². The quantitative estimate of drug-likeness (QED) is 0.840. The van der Waals surface area contributed by atoms with Crippen molar-refractivity contribution in [2.24, 2.45) is 5.92 Å². The predicted molar refractivity (Wildman–Crippen MR) is 89.7 cm³/mol. The molecule has 1 aliphatic heterocycles. The van der Waals surface area contributed by atoms with Crippen molar-refractivity contribution in [2.75, 3.05) is 26.7 Å². The highest BCUT2D eigenvalue weighted by Crippen LogP contribution is 2.32. The third kappa shape index (κ3) is 5.45. The van der Waals surface area contributed by atoms with Crippen molar-refractivity contribution in [3.8, 4) is 0 Å². The Morgan fingerprint density at radius 2 is 1.78 bits per heavy atom. The first kappa shape index (κ1) is 20.7. The molecule has 1 heterocycles. The number of hydrogen-bond acceptors (Lipinski definition) is 3. The van der Waals surface area contributed by atoms with E-state index in [0.717, 1.165) is 11.0 Å². The second-order valence-corrected chi connectivity index (χ2v) is 6.57. The number of halogens is 3. The van der Waals surface area contributed by atoms with Gasteiger partial charge in [0.25, 0.3) is 0 Å². The maximum Gasteiger partial charge on any atom is 0.416 e. The van der Waals surface area contributed by atoms with Gasteiger partial charge in [0.15, 0.2) is 0 Å². The molecule has 1 aromatic carbocycles. The summed E-state index contributed by atoms with van der Waals surface area (Å²) in [5.74, 6) is -2.32. The largest absolute Gasteiger partial charge is 0.481 e. The zero-order valence-electron chi connectivity index (χ0n) is 14.8. The van der Waals surface area contributed by atoms with Crippen LogP contribution in [0.25, 0.3) is 0 Å². The summed E-state index contributed by atoms with van der Waals surface area (Å²) in [5.41, 5.74) is -1.01. The minimum atomic E-state index is -4.56. The van der Waals surface area contributed by atoms with Gasteiger partial charge in [0.2, 0.25) is 11.8 Å². The van der Waals surface area contributed by atoms with Crippen molar-refractivity contribution < 1.29 is 32.7 Å². The predicted octanol–water partition coefficient (Wildman–Crippen LogP) is 2.03. The van der Waals surface area contributed by atoms with Gasteiger partial charge in [-0.15, -0.1) is 0 Å². The number of benzene rings is 1. The fourth-order valence-corrected chi connectivity index (χ4v) is 3.02. The molecule has 1 aromatic rings. The summed E-state index contributed by atoms with van der Waals surface area (Å²) >= 11 is 0. The lowest BCUT2D eigenvalue weighted by molar-refractivity contribution is -0.146. The topological polar surface area (TPSA) is 77.9 Å². The maximum absolute atomic E-state index is 13.0. The van der Waals surface area contributed by atoms with E-state index in [1.165, 1.54) is 30.1 Å². The summed E-state index contributed by atoms with van der Waals surface area (Å²) in [5, 5.41) is 8.96. The molecule has 0 radical (unpaired) electrons. The minimum Gasteiger partial charge on any atom is -0.481 e. The zero-order chi connectivity index (χ0) is 20.2. The Morgan fingerprint density at radius 3 is 2.33 bits per heavy atom. The third-order valence-electron chi connectivity index (χ3n) is 4.66. The lowest BCUT2D eigenvalue weighted by atomic mass is 9.97. The number of carboxylic acid groups (broad SMARTS) is 1. The molecule has 0 saturated carbocycles. The van der Waals surface area contributed by atoms with Gasteiger partial charge in [-0.25, -0.2) is 0 Å². The second kappa shape index (κ2) is 8.41. The van der Waals surface area contributed by atoms with E-state index in [1.807, 2.05) is 0 Å². The van der Waals surface area contributed by atoms with E-state index >= 15 is 0 Å². The molecule has 2 amide bonds. The number of carboxylic acids is 1. The van der Waals surface area contributed by atoms with Gasteiger partial charge in [-0.2, -0.15) is 13.2 Å². The number of amides is 2. The normalized spacial score (nSPS) is 15.5. The van der Waals surface area contributed by atoms with Gasteiger partial charge in [-0.05, 0) is 24.5 Å². The van der Waals surface area contributed by atoms with Gasteiger partial charge >= 0.3 is 12.1 Å². The van der Waals surface area contributed by atoms with E-state index in [9.17, 15) is 27.6 Å². The first-order valence-corrected chi connectivity index (χ1v) is 8.49. The van der Waals surface area contributed by atoms with E-state index in [4.69, 9.17) is 5.11 Å². The number of piperidine rings is 1. The summed E-state index contributed by atoms with van der Waals surface area (Å²) in [7, 11) is 1.36. The molecule has 27 heavy (non-hydrogen) atoms. The molecular formula is C18H21F3N2O4. The Hall–Kier alpha value is -2.58.